The summed E-state index contributed by atoms with van der Waals surface area (Å²) < 4.78 is 1.07. The van der Waals surface area contributed by atoms with Gasteiger partial charge in [-0.25, -0.2) is 4.98 Å². The van der Waals surface area contributed by atoms with Gasteiger partial charge in [0.15, 0.2) is 5.13 Å². The number of halogens is 1. The van der Waals surface area contributed by atoms with Gasteiger partial charge in [-0.05, 0) is 38.1 Å². The normalized spacial score (nSPS) is 20.7. The Balaban J connectivity index is 1.69. The topological polar surface area (TPSA) is 28.2 Å². The van der Waals surface area contributed by atoms with Crippen LogP contribution in [0.2, 0.25) is 5.02 Å². The fourth-order valence-electron chi connectivity index (χ4n) is 2.42. The minimum absolute atomic E-state index is 0.734. The molecule has 3 nitrogen and oxygen atoms in total. The van der Waals surface area contributed by atoms with E-state index < -0.39 is 0 Å². The molecule has 96 valence electrons. The van der Waals surface area contributed by atoms with Crippen molar-refractivity contribution in [1.29, 1.82) is 0 Å². The lowest BCUT2D eigenvalue weighted by molar-refractivity contribution is 0.399. The zero-order chi connectivity index (χ0) is 12.5. The molecule has 0 amide bonds. The lowest BCUT2D eigenvalue weighted by Gasteiger charge is -2.10. The third-order valence-corrected chi connectivity index (χ3v) is 4.89. The van der Waals surface area contributed by atoms with E-state index in [2.05, 4.69) is 22.2 Å². The second kappa shape index (κ2) is 5.03. The van der Waals surface area contributed by atoms with E-state index in [9.17, 15) is 0 Å². The number of fused-ring (bicyclic) bond motifs is 1. The first kappa shape index (κ1) is 12.2. The molecule has 0 bridgehead atoms. The Labute approximate surface area is 116 Å². The van der Waals surface area contributed by atoms with Gasteiger partial charge in [-0.3, -0.25) is 0 Å². The maximum Gasteiger partial charge on any atom is 0.183 e. The molecule has 1 atom stereocenters. The molecule has 1 unspecified atom stereocenters. The second-order valence-corrected chi connectivity index (χ2v) is 6.31. The third-order valence-electron chi connectivity index (χ3n) is 3.40. The number of hydrogen-bond donors (Lipinski definition) is 1. The van der Waals surface area contributed by atoms with Gasteiger partial charge in [-0.15, -0.1) is 0 Å². The molecule has 2 heterocycles. The molecular formula is C13H16ClN3S. The molecule has 2 aromatic rings. The van der Waals surface area contributed by atoms with E-state index in [1.165, 1.54) is 19.5 Å². The number of rotatable bonds is 3. The van der Waals surface area contributed by atoms with Gasteiger partial charge in [0, 0.05) is 13.1 Å². The Hall–Kier alpha value is -0.840. The molecule has 1 aromatic carbocycles. The summed E-state index contributed by atoms with van der Waals surface area (Å²) in [5.41, 5.74) is 0.985. The van der Waals surface area contributed by atoms with Gasteiger partial charge in [-0.2, -0.15) is 0 Å². The van der Waals surface area contributed by atoms with Crippen LogP contribution in [0.1, 0.15) is 6.42 Å². The summed E-state index contributed by atoms with van der Waals surface area (Å²) in [5.74, 6) is 0.734. The van der Waals surface area contributed by atoms with Crippen LogP contribution in [-0.2, 0) is 0 Å². The van der Waals surface area contributed by atoms with E-state index >= 15 is 0 Å². The van der Waals surface area contributed by atoms with Crippen LogP contribution in [0, 0.1) is 5.92 Å². The fraction of sp³-hybridized carbons (Fsp3) is 0.462. The number of nitrogens with one attached hydrogen (secondary N) is 1. The number of thiazole rings is 1. The van der Waals surface area contributed by atoms with Crippen LogP contribution in [0.4, 0.5) is 5.13 Å². The lowest BCUT2D eigenvalue weighted by atomic mass is 10.1. The van der Waals surface area contributed by atoms with Crippen LogP contribution in [0.3, 0.4) is 0 Å². The highest BCUT2D eigenvalue weighted by molar-refractivity contribution is 7.22. The Kier molecular flexibility index (Phi) is 3.41. The van der Waals surface area contributed by atoms with Crippen molar-refractivity contribution < 1.29 is 0 Å². The molecule has 3 rings (SSSR count). The van der Waals surface area contributed by atoms with Crippen LogP contribution in [0.5, 0.6) is 0 Å². The van der Waals surface area contributed by atoms with Gasteiger partial charge in [-0.1, -0.05) is 29.0 Å². The summed E-state index contributed by atoms with van der Waals surface area (Å²) in [6.07, 6.45) is 1.27. The van der Waals surface area contributed by atoms with Gasteiger partial charge in [0.2, 0.25) is 0 Å². The zero-order valence-electron chi connectivity index (χ0n) is 10.3. The van der Waals surface area contributed by atoms with Gasteiger partial charge in [0.05, 0.1) is 15.2 Å². The van der Waals surface area contributed by atoms with Crippen molar-refractivity contribution in [3.8, 4) is 0 Å². The molecule has 0 spiro atoms. The number of nitrogens with zero attached hydrogens (tertiary/aromatic N) is 2. The number of anilines is 1. The molecule has 1 aliphatic rings. The molecule has 18 heavy (non-hydrogen) atoms. The van der Waals surface area contributed by atoms with Crippen molar-refractivity contribution in [3.05, 3.63) is 23.2 Å². The highest BCUT2D eigenvalue weighted by atomic mass is 35.5. The molecule has 5 heteroatoms. The summed E-state index contributed by atoms with van der Waals surface area (Å²) in [7, 11) is 2.18. The Morgan fingerprint density at radius 1 is 1.56 bits per heavy atom. The first-order valence-corrected chi connectivity index (χ1v) is 7.39. The van der Waals surface area contributed by atoms with Crippen LogP contribution < -0.4 is 5.32 Å². The van der Waals surface area contributed by atoms with Crippen molar-refractivity contribution >= 4 is 38.3 Å². The standard InChI is InChI=1S/C13H16ClN3S/c1-17-6-5-9(8-17)7-15-13-16-11-4-2-3-10(14)12(11)18-13/h2-4,9H,5-8H2,1H3,(H,15,16). The third kappa shape index (κ3) is 2.46. The summed E-state index contributed by atoms with van der Waals surface area (Å²) >= 11 is 7.79. The van der Waals surface area contributed by atoms with Gasteiger partial charge >= 0.3 is 0 Å². The predicted molar refractivity (Wildman–Crippen MR) is 78.7 cm³/mol. The fourth-order valence-corrected chi connectivity index (χ4v) is 3.58. The van der Waals surface area contributed by atoms with E-state index in [-0.39, 0.29) is 0 Å². The molecular weight excluding hydrogens is 266 g/mol. The van der Waals surface area contributed by atoms with Crippen LogP contribution in [0.15, 0.2) is 18.2 Å². The molecule has 1 N–H and O–H groups in total. The van der Waals surface area contributed by atoms with Crippen molar-refractivity contribution in [2.45, 2.75) is 6.42 Å². The Bertz CT molecular complexity index is 554. The van der Waals surface area contributed by atoms with Crippen LogP contribution in [0.25, 0.3) is 10.2 Å². The summed E-state index contributed by atoms with van der Waals surface area (Å²) in [6, 6.07) is 5.87. The zero-order valence-corrected chi connectivity index (χ0v) is 11.9. The SMILES string of the molecule is CN1CCC(CNc2nc3cccc(Cl)c3s2)C1. The smallest absolute Gasteiger partial charge is 0.183 e. The number of benzene rings is 1. The summed E-state index contributed by atoms with van der Waals surface area (Å²) in [5, 5.41) is 5.22. The summed E-state index contributed by atoms with van der Waals surface area (Å²) in [6.45, 7) is 3.39. The average molecular weight is 282 g/mol. The summed E-state index contributed by atoms with van der Waals surface area (Å²) in [4.78, 5) is 6.94. The molecule has 1 aromatic heterocycles. The van der Waals surface area contributed by atoms with Crippen molar-refractivity contribution in [3.63, 3.8) is 0 Å². The number of likely N-dealkylation sites (tertiary alicyclic amines) is 1. The maximum atomic E-state index is 6.15. The average Bonchev–Trinajstić information content (AvgIpc) is 2.93. The molecule has 1 saturated heterocycles. The number of hydrogen-bond acceptors (Lipinski definition) is 4. The van der Waals surface area contributed by atoms with Crippen molar-refractivity contribution in [2.24, 2.45) is 5.92 Å². The highest BCUT2D eigenvalue weighted by Gasteiger charge is 2.19. The van der Waals surface area contributed by atoms with Crippen molar-refractivity contribution in [1.82, 2.24) is 9.88 Å². The van der Waals surface area contributed by atoms with Gasteiger partial charge in [0.1, 0.15) is 0 Å². The van der Waals surface area contributed by atoms with E-state index in [0.717, 1.165) is 32.8 Å². The highest BCUT2D eigenvalue weighted by Crippen LogP contribution is 2.31. The van der Waals surface area contributed by atoms with Crippen LogP contribution >= 0.6 is 22.9 Å². The van der Waals surface area contributed by atoms with Crippen molar-refractivity contribution in [2.75, 3.05) is 32.0 Å². The number of aromatic nitrogens is 1. The van der Waals surface area contributed by atoms with Crippen LogP contribution in [-0.4, -0.2) is 36.6 Å². The molecule has 0 aliphatic carbocycles. The molecule has 0 radical (unpaired) electrons. The largest absolute Gasteiger partial charge is 0.361 e. The quantitative estimate of drug-likeness (QED) is 0.935. The maximum absolute atomic E-state index is 6.15. The van der Waals surface area contributed by atoms with E-state index in [1.807, 2.05) is 18.2 Å². The molecule has 1 aliphatic heterocycles. The molecule has 1 fully saturated rings. The Morgan fingerprint density at radius 2 is 2.44 bits per heavy atom. The first-order chi connectivity index (χ1) is 8.72. The minimum Gasteiger partial charge on any atom is -0.361 e. The van der Waals surface area contributed by atoms with E-state index in [0.29, 0.717) is 0 Å². The Morgan fingerprint density at radius 3 is 3.17 bits per heavy atom. The monoisotopic (exact) mass is 281 g/mol. The van der Waals surface area contributed by atoms with E-state index in [4.69, 9.17) is 11.6 Å². The first-order valence-electron chi connectivity index (χ1n) is 6.20. The second-order valence-electron chi connectivity index (χ2n) is 4.90. The molecule has 0 saturated carbocycles. The van der Waals surface area contributed by atoms with Gasteiger partial charge in [0.25, 0.3) is 0 Å². The van der Waals surface area contributed by atoms with Gasteiger partial charge < -0.3 is 10.2 Å². The van der Waals surface area contributed by atoms with E-state index in [1.54, 1.807) is 11.3 Å². The lowest BCUT2D eigenvalue weighted by Crippen LogP contribution is -2.18. The minimum atomic E-state index is 0.734. The predicted octanol–water partition coefficient (Wildman–Crippen LogP) is 3.31.